The zero-order valence-corrected chi connectivity index (χ0v) is 7.04. The molecule has 1 atom stereocenters. The van der Waals surface area contributed by atoms with Crippen molar-refractivity contribution in [3.05, 3.63) is 36.0 Å². The van der Waals surface area contributed by atoms with Crippen molar-refractivity contribution >= 4 is 0 Å². The standard InChI is InChI=1S/C10H14O/c1-3-9-5-4-7-10(2,11)8-6-9/h4-8,11H,3H2,1-2H3. The highest BCUT2D eigenvalue weighted by atomic mass is 16.3. The molecule has 1 aliphatic carbocycles. The molecule has 1 aliphatic rings. The Morgan fingerprint density at radius 2 is 2.18 bits per heavy atom. The van der Waals surface area contributed by atoms with Crippen LogP contribution in [0.5, 0.6) is 0 Å². The van der Waals surface area contributed by atoms with E-state index in [-0.39, 0.29) is 0 Å². The molecule has 0 aromatic carbocycles. The fourth-order valence-corrected chi connectivity index (χ4v) is 0.989. The molecule has 1 N–H and O–H groups in total. The minimum Gasteiger partial charge on any atom is -0.382 e. The fraction of sp³-hybridized carbons (Fsp3) is 0.400. The van der Waals surface area contributed by atoms with Crippen molar-refractivity contribution < 1.29 is 5.11 Å². The number of aliphatic hydroxyl groups is 1. The summed E-state index contributed by atoms with van der Waals surface area (Å²) in [4.78, 5) is 0. The van der Waals surface area contributed by atoms with Crippen LogP contribution in [0.3, 0.4) is 0 Å². The van der Waals surface area contributed by atoms with Gasteiger partial charge in [0, 0.05) is 0 Å². The van der Waals surface area contributed by atoms with Crippen LogP contribution in [0.1, 0.15) is 20.3 Å². The Balaban J connectivity index is 2.83. The van der Waals surface area contributed by atoms with Crippen molar-refractivity contribution in [2.45, 2.75) is 25.9 Å². The first-order valence-electron chi connectivity index (χ1n) is 3.94. The van der Waals surface area contributed by atoms with E-state index in [9.17, 15) is 5.11 Å². The van der Waals surface area contributed by atoms with E-state index in [1.54, 1.807) is 13.0 Å². The summed E-state index contributed by atoms with van der Waals surface area (Å²) < 4.78 is 0. The maximum atomic E-state index is 9.56. The third-order valence-corrected chi connectivity index (χ3v) is 1.79. The second-order valence-electron chi connectivity index (χ2n) is 3.01. The predicted molar refractivity (Wildman–Crippen MR) is 47.3 cm³/mol. The van der Waals surface area contributed by atoms with Crippen molar-refractivity contribution in [1.82, 2.24) is 0 Å². The van der Waals surface area contributed by atoms with Gasteiger partial charge in [0.1, 0.15) is 0 Å². The predicted octanol–water partition coefficient (Wildman–Crippen LogP) is 2.20. The van der Waals surface area contributed by atoms with Crippen LogP contribution in [-0.4, -0.2) is 10.7 Å². The lowest BCUT2D eigenvalue weighted by atomic mass is 10.1. The SMILES string of the molecule is CCC1=CC=CC(C)(O)C=C1. The van der Waals surface area contributed by atoms with E-state index in [1.807, 2.05) is 24.3 Å². The van der Waals surface area contributed by atoms with Gasteiger partial charge in [0.2, 0.25) is 0 Å². The number of rotatable bonds is 1. The monoisotopic (exact) mass is 150 g/mol. The van der Waals surface area contributed by atoms with Crippen LogP contribution in [0.2, 0.25) is 0 Å². The average molecular weight is 150 g/mol. The number of allylic oxidation sites excluding steroid dienone is 4. The molecule has 0 bridgehead atoms. The minimum absolute atomic E-state index is 0.770. The van der Waals surface area contributed by atoms with E-state index in [0.717, 1.165) is 6.42 Å². The molecule has 0 aliphatic heterocycles. The Labute approximate surface area is 67.7 Å². The van der Waals surface area contributed by atoms with Gasteiger partial charge in [-0.25, -0.2) is 0 Å². The number of hydrogen-bond acceptors (Lipinski definition) is 1. The van der Waals surface area contributed by atoms with Gasteiger partial charge in [0.05, 0.1) is 5.60 Å². The lowest BCUT2D eigenvalue weighted by Crippen LogP contribution is -2.15. The highest BCUT2D eigenvalue weighted by molar-refractivity contribution is 5.31. The van der Waals surface area contributed by atoms with Crippen LogP contribution in [0.25, 0.3) is 0 Å². The van der Waals surface area contributed by atoms with Gasteiger partial charge in [0.25, 0.3) is 0 Å². The molecular weight excluding hydrogens is 136 g/mol. The van der Waals surface area contributed by atoms with Gasteiger partial charge in [0.15, 0.2) is 0 Å². The molecule has 1 heteroatoms. The Kier molecular flexibility index (Phi) is 2.30. The maximum absolute atomic E-state index is 9.56. The van der Waals surface area contributed by atoms with E-state index in [4.69, 9.17) is 0 Å². The zero-order valence-electron chi connectivity index (χ0n) is 7.04. The lowest BCUT2D eigenvalue weighted by Gasteiger charge is -2.11. The molecule has 60 valence electrons. The summed E-state index contributed by atoms with van der Waals surface area (Å²) in [7, 11) is 0. The molecule has 0 spiro atoms. The quantitative estimate of drug-likeness (QED) is 0.607. The smallest absolute Gasteiger partial charge is 0.0986 e. The van der Waals surface area contributed by atoms with E-state index in [1.165, 1.54) is 5.57 Å². The van der Waals surface area contributed by atoms with Gasteiger partial charge in [-0.2, -0.15) is 0 Å². The summed E-state index contributed by atoms with van der Waals surface area (Å²) in [6.45, 7) is 3.87. The number of hydrogen-bond donors (Lipinski definition) is 1. The molecule has 11 heavy (non-hydrogen) atoms. The summed E-state index contributed by atoms with van der Waals surface area (Å²) in [6.07, 6.45) is 10.5. The first-order chi connectivity index (χ1) is 5.14. The first-order valence-corrected chi connectivity index (χ1v) is 3.94. The minimum atomic E-state index is -0.770. The van der Waals surface area contributed by atoms with Crippen LogP contribution in [-0.2, 0) is 0 Å². The van der Waals surface area contributed by atoms with Crippen LogP contribution < -0.4 is 0 Å². The molecule has 0 fully saturated rings. The molecular formula is C10H14O. The average Bonchev–Trinajstić information content (AvgIpc) is 2.10. The van der Waals surface area contributed by atoms with Gasteiger partial charge in [-0.1, -0.05) is 25.2 Å². The van der Waals surface area contributed by atoms with E-state index in [2.05, 4.69) is 6.92 Å². The molecule has 1 rings (SSSR count). The topological polar surface area (TPSA) is 20.2 Å². The summed E-state index contributed by atoms with van der Waals surface area (Å²) in [5, 5.41) is 9.56. The molecule has 0 radical (unpaired) electrons. The Hall–Kier alpha value is -0.820. The van der Waals surface area contributed by atoms with Crippen molar-refractivity contribution in [3.63, 3.8) is 0 Å². The van der Waals surface area contributed by atoms with Crippen molar-refractivity contribution in [3.8, 4) is 0 Å². The third-order valence-electron chi connectivity index (χ3n) is 1.79. The van der Waals surface area contributed by atoms with Crippen LogP contribution in [0.15, 0.2) is 36.0 Å². The molecule has 0 aromatic rings. The normalized spacial score (nSPS) is 29.9. The third kappa shape index (κ3) is 2.35. The van der Waals surface area contributed by atoms with Crippen LogP contribution in [0, 0.1) is 0 Å². The van der Waals surface area contributed by atoms with Crippen LogP contribution in [0.4, 0.5) is 0 Å². The van der Waals surface area contributed by atoms with Crippen molar-refractivity contribution in [1.29, 1.82) is 0 Å². The summed E-state index contributed by atoms with van der Waals surface area (Å²) in [5.41, 5.74) is 0.479. The second-order valence-corrected chi connectivity index (χ2v) is 3.01. The van der Waals surface area contributed by atoms with Crippen molar-refractivity contribution in [2.24, 2.45) is 0 Å². The van der Waals surface area contributed by atoms with E-state index < -0.39 is 5.60 Å². The Bertz CT molecular complexity index is 219. The van der Waals surface area contributed by atoms with Gasteiger partial charge >= 0.3 is 0 Å². The summed E-state index contributed by atoms with van der Waals surface area (Å²) >= 11 is 0. The zero-order chi connectivity index (χ0) is 8.32. The molecule has 0 aromatic heterocycles. The molecule has 1 unspecified atom stereocenters. The van der Waals surface area contributed by atoms with Gasteiger partial charge in [-0.15, -0.1) is 0 Å². The molecule has 0 saturated heterocycles. The second kappa shape index (κ2) is 3.05. The maximum Gasteiger partial charge on any atom is 0.0986 e. The van der Waals surface area contributed by atoms with Gasteiger partial charge < -0.3 is 5.11 Å². The van der Waals surface area contributed by atoms with E-state index in [0.29, 0.717) is 0 Å². The molecule has 0 heterocycles. The summed E-state index contributed by atoms with van der Waals surface area (Å²) in [5.74, 6) is 0. The lowest BCUT2D eigenvalue weighted by molar-refractivity contribution is 0.164. The summed E-state index contributed by atoms with van der Waals surface area (Å²) in [6, 6.07) is 0. The first kappa shape index (κ1) is 8.28. The highest BCUT2D eigenvalue weighted by Gasteiger charge is 2.11. The Morgan fingerprint density at radius 3 is 2.82 bits per heavy atom. The van der Waals surface area contributed by atoms with Gasteiger partial charge in [-0.05, 0) is 31.1 Å². The largest absolute Gasteiger partial charge is 0.382 e. The van der Waals surface area contributed by atoms with E-state index >= 15 is 0 Å². The molecule has 1 nitrogen and oxygen atoms in total. The molecule has 0 saturated carbocycles. The van der Waals surface area contributed by atoms with Crippen molar-refractivity contribution in [2.75, 3.05) is 0 Å². The van der Waals surface area contributed by atoms with Gasteiger partial charge in [-0.3, -0.25) is 0 Å². The van der Waals surface area contributed by atoms with Crippen LogP contribution >= 0.6 is 0 Å². The molecule has 0 amide bonds. The Morgan fingerprint density at radius 1 is 1.45 bits per heavy atom. The highest BCUT2D eigenvalue weighted by Crippen LogP contribution is 2.15. The fourth-order valence-electron chi connectivity index (χ4n) is 0.989.